The molecule has 0 aliphatic rings. The molecule has 84 valence electrons. The number of rotatable bonds is 2. The zero-order valence-electron chi connectivity index (χ0n) is 8.48. The van der Waals surface area contributed by atoms with E-state index >= 15 is 0 Å². The van der Waals surface area contributed by atoms with Crippen molar-refractivity contribution in [3.8, 4) is 6.07 Å². The van der Waals surface area contributed by atoms with Crippen LogP contribution >= 0.6 is 11.6 Å². The SMILES string of the molecule is N#Cc1c(Cl)ncnc1Nc1cccc(F)c1. The maximum Gasteiger partial charge on any atom is 0.153 e. The largest absolute Gasteiger partial charge is 0.339 e. The summed E-state index contributed by atoms with van der Waals surface area (Å²) in [4.78, 5) is 7.57. The van der Waals surface area contributed by atoms with Crippen molar-refractivity contribution in [2.75, 3.05) is 5.32 Å². The van der Waals surface area contributed by atoms with Crippen LogP contribution in [0.4, 0.5) is 15.9 Å². The summed E-state index contributed by atoms with van der Waals surface area (Å²) in [5.41, 5.74) is 0.606. The number of nitrogens with zero attached hydrogens (tertiary/aromatic N) is 3. The Morgan fingerprint density at radius 2 is 2.18 bits per heavy atom. The fraction of sp³-hybridized carbons (Fsp3) is 0. The molecular weight excluding hydrogens is 243 g/mol. The molecule has 0 aliphatic heterocycles. The van der Waals surface area contributed by atoms with Gasteiger partial charge in [-0.25, -0.2) is 14.4 Å². The lowest BCUT2D eigenvalue weighted by molar-refractivity contribution is 0.628. The van der Waals surface area contributed by atoms with Gasteiger partial charge in [0.25, 0.3) is 0 Å². The van der Waals surface area contributed by atoms with E-state index in [1.54, 1.807) is 12.1 Å². The highest BCUT2D eigenvalue weighted by Gasteiger charge is 2.09. The summed E-state index contributed by atoms with van der Waals surface area (Å²) in [6, 6.07) is 7.70. The summed E-state index contributed by atoms with van der Waals surface area (Å²) in [7, 11) is 0. The second kappa shape index (κ2) is 4.76. The van der Waals surface area contributed by atoms with Crippen molar-refractivity contribution < 1.29 is 4.39 Å². The molecule has 1 aromatic heterocycles. The third-order valence-electron chi connectivity index (χ3n) is 2.00. The zero-order valence-corrected chi connectivity index (χ0v) is 9.24. The molecule has 17 heavy (non-hydrogen) atoms. The number of aromatic nitrogens is 2. The van der Waals surface area contributed by atoms with Crippen LogP contribution in [0.15, 0.2) is 30.6 Å². The number of halogens is 2. The van der Waals surface area contributed by atoms with Gasteiger partial charge in [-0.15, -0.1) is 0 Å². The molecule has 0 radical (unpaired) electrons. The third-order valence-corrected chi connectivity index (χ3v) is 2.29. The molecule has 1 heterocycles. The highest BCUT2D eigenvalue weighted by Crippen LogP contribution is 2.22. The van der Waals surface area contributed by atoms with E-state index in [2.05, 4.69) is 15.3 Å². The molecule has 0 aliphatic carbocycles. The molecule has 4 nitrogen and oxygen atoms in total. The Morgan fingerprint density at radius 1 is 1.35 bits per heavy atom. The first-order valence-electron chi connectivity index (χ1n) is 4.64. The van der Waals surface area contributed by atoms with Crippen molar-refractivity contribution in [1.82, 2.24) is 9.97 Å². The first kappa shape index (κ1) is 11.3. The summed E-state index contributed by atoms with van der Waals surface area (Å²) >= 11 is 5.74. The lowest BCUT2D eigenvalue weighted by Gasteiger charge is -2.07. The number of hydrogen-bond acceptors (Lipinski definition) is 4. The number of benzene rings is 1. The predicted molar refractivity (Wildman–Crippen MR) is 61.4 cm³/mol. The van der Waals surface area contributed by atoms with Crippen LogP contribution in [-0.2, 0) is 0 Å². The fourth-order valence-electron chi connectivity index (χ4n) is 1.26. The summed E-state index contributed by atoms with van der Waals surface area (Å²) in [6.07, 6.45) is 1.23. The van der Waals surface area contributed by atoms with E-state index in [9.17, 15) is 4.39 Å². The van der Waals surface area contributed by atoms with Crippen LogP contribution < -0.4 is 5.32 Å². The Labute approximate surface area is 102 Å². The number of anilines is 2. The summed E-state index contributed by atoms with van der Waals surface area (Å²) in [5.74, 6) is -0.133. The van der Waals surface area contributed by atoms with Gasteiger partial charge in [-0.3, -0.25) is 0 Å². The standard InChI is InChI=1S/C11H6ClFN4/c12-10-9(5-14)11(16-6-15-10)17-8-3-1-2-7(13)4-8/h1-4,6H,(H,15,16,17). The maximum atomic E-state index is 13.0. The Kier molecular flexibility index (Phi) is 3.17. The van der Waals surface area contributed by atoms with Crippen molar-refractivity contribution >= 4 is 23.1 Å². The van der Waals surface area contributed by atoms with Gasteiger partial charge in [0.05, 0.1) is 0 Å². The molecule has 6 heteroatoms. The average Bonchev–Trinajstić information content (AvgIpc) is 2.29. The molecular formula is C11H6ClFN4. The van der Waals surface area contributed by atoms with Crippen LogP contribution in [0.25, 0.3) is 0 Å². The van der Waals surface area contributed by atoms with Gasteiger partial charge in [0.2, 0.25) is 0 Å². The van der Waals surface area contributed by atoms with Gasteiger partial charge < -0.3 is 5.32 Å². The third kappa shape index (κ3) is 2.49. The van der Waals surface area contributed by atoms with Crippen molar-refractivity contribution in [2.45, 2.75) is 0 Å². The molecule has 2 aromatic rings. The smallest absolute Gasteiger partial charge is 0.153 e. The predicted octanol–water partition coefficient (Wildman–Crippen LogP) is 2.88. The molecule has 0 spiro atoms. The van der Waals surface area contributed by atoms with Crippen molar-refractivity contribution in [1.29, 1.82) is 5.26 Å². The molecule has 1 N–H and O–H groups in total. The van der Waals surface area contributed by atoms with E-state index in [0.717, 1.165) is 0 Å². The number of hydrogen-bond donors (Lipinski definition) is 1. The molecule has 0 bridgehead atoms. The van der Waals surface area contributed by atoms with E-state index in [4.69, 9.17) is 16.9 Å². The van der Waals surface area contributed by atoms with Crippen molar-refractivity contribution in [3.63, 3.8) is 0 Å². The molecule has 0 unspecified atom stereocenters. The summed E-state index contributed by atoms with van der Waals surface area (Å²) in [6.45, 7) is 0. The van der Waals surface area contributed by atoms with E-state index in [-0.39, 0.29) is 22.4 Å². The van der Waals surface area contributed by atoms with Gasteiger partial charge in [0, 0.05) is 5.69 Å². The highest BCUT2D eigenvalue weighted by molar-refractivity contribution is 6.30. The van der Waals surface area contributed by atoms with Gasteiger partial charge >= 0.3 is 0 Å². The van der Waals surface area contributed by atoms with Crippen LogP contribution in [-0.4, -0.2) is 9.97 Å². The second-order valence-corrected chi connectivity index (χ2v) is 3.49. The van der Waals surface area contributed by atoms with E-state index in [0.29, 0.717) is 5.69 Å². The van der Waals surface area contributed by atoms with Crippen molar-refractivity contribution in [2.24, 2.45) is 0 Å². The lowest BCUT2D eigenvalue weighted by atomic mass is 10.3. The molecule has 0 saturated heterocycles. The minimum absolute atomic E-state index is 0.0569. The molecule has 1 aromatic carbocycles. The van der Waals surface area contributed by atoms with Crippen LogP contribution in [0.3, 0.4) is 0 Å². The first-order valence-corrected chi connectivity index (χ1v) is 5.01. The van der Waals surface area contributed by atoms with E-state index in [1.165, 1.54) is 18.5 Å². The zero-order chi connectivity index (χ0) is 12.3. The summed E-state index contributed by atoms with van der Waals surface area (Å²) in [5, 5.41) is 11.8. The topological polar surface area (TPSA) is 61.6 Å². The van der Waals surface area contributed by atoms with Gasteiger partial charge in [-0.2, -0.15) is 5.26 Å². The Balaban J connectivity index is 2.37. The Bertz CT molecular complexity index is 594. The van der Waals surface area contributed by atoms with E-state index in [1.807, 2.05) is 6.07 Å². The first-order chi connectivity index (χ1) is 8.20. The van der Waals surface area contributed by atoms with Crippen LogP contribution in [0.5, 0.6) is 0 Å². The lowest BCUT2D eigenvalue weighted by Crippen LogP contribution is -1.99. The minimum atomic E-state index is -0.381. The van der Waals surface area contributed by atoms with Crippen LogP contribution in [0, 0.1) is 17.1 Å². The monoisotopic (exact) mass is 248 g/mol. The van der Waals surface area contributed by atoms with Crippen LogP contribution in [0.2, 0.25) is 5.15 Å². The highest BCUT2D eigenvalue weighted by atomic mass is 35.5. The van der Waals surface area contributed by atoms with E-state index < -0.39 is 0 Å². The minimum Gasteiger partial charge on any atom is -0.339 e. The second-order valence-electron chi connectivity index (χ2n) is 3.14. The molecule has 0 saturated carbocycles. The average molecular weight is 249 g/mol. The number of nitriles is 1. The quantitative estimate of drug-likeness (QED) is 0.830. The Hall–Kier alpha value is -2.19. The van der Waals surface area contributed by atoms with Gasteiger partial charge in [0.1, 0.15) is 23.8 Å². The number of nitrogens with one attached hydrogen (secondary N) is 1. The van der Waals surface area contributed by atoms with Crippen LogP contribution in [0.1, 0.15) is 5.56 Å². The fourth-order valence-corrected chi connectivity index (χ4v) is 1.44. The molecule has 0 fully saturated rings. The molecule has 2 rings (SSSR count). The maximum absolute atomic E-state index is 13.0. The van der Waals surface area contributed by atoms with Gasteiger partial charge in [-0.1, -0.05) is 17.7 Å². The molecule has 0 amide bonds. The Morgan fingerprint density at radius 3 is 2.88 bits per heavy atom. The molecule has 0 atom stereocenters. The van der Waals surface area contributed by atoms with Gasteiger partial charge in [0.15, 0.2) is 11.0 Å². The van der Waals surface area contributed by atoms with Gasteiger partial charge in [-0.05, 0) is 18.2 Å². The summed E-state index contributed by atoms with van der Waals surface area (Å²) < 4.78 is 13.0. The van der Waals surface area contributed by atoms with Crippen molar-refractivity contribution in [3.05, 3.63) is 47.1 Å². The normalized spacial score (nSPS) is 9.71.